The summed E-state index contributed by atoms with van der Waals surface area (Å²) >= 11 is 1.18. The number of hydrogen-bond acceptors (Lipinski definition) is 8. The number of nitrogens with zero attached hydrogens (tertiary/aromatic N) is 2. The van der Waals surface area contributed by atoms with E-state index >= 15 is 0 Å². The standard InChI is InChI=1S/C24H22N2O6S/c1-4-32-23(30)20-13(2)26-22(29)19(11-14-6-5-7-16(27)10-14)33-24(26)25-21(20)15-8-9-17(28)18(12-15)31-3/h5-12,21,27-28H,4H2,1-3H3/b19-11+/t21-/m1/s1. The highest BCUT2D eigenvalue weighted by Crippen LogP contribution is 2.36. The first-order chi connectivity index (χ1) is 15.8. The van der Waals surface area contributed by atoms with Crippen LogP contribution in [0.5, 0.6) is 17.2 Å². The molecule has 9 heteroatoms. The summed E-state index contributed by atoms with van der Waals surface area (Å²) in [6, 6.07) is 10.6. The largest absolute Gasteiger partial charge is 0.508 e. The SMILES string of the molecule is CCOC(=O)C1=C(C)n2c(s/c(=C/c3cccc(O)c3)c2=O)=N[C@@H]1c1ccc(O)c(OC)c1. The first-order valence-electron chi connectivity index (χ1n) is 10.2. The third-order valence-corrected chi connectivity index (χ3v) is 6.21. The van der Waals surface area contributed by atoms with Crippen LogP contribution in [-0.4, -0.2) is 34.5 Å². The van der Waals surface area contributed by atoms with Crippen LogP contribution in [-0.2, 0) is 9.53 Å². The molecule has 0 aliphatic carbocycles. The number of hydrogen-bond donors (Lipinski definition) is 2. The van der Waals surface area contributed by atoms with Gasteiger partial charge in [-0.05, 0) is 55.3 Å². The van der Waals surface area contributed by atoms with Crippen molar-refractivity contribution >= 4 is 29.1 Å². The smallest absolute Gasteiger partial charge is 0.338 e. The van der Waals surface area contributed by atoms with Crippen molar-refractivity contribution in [1.82, 2.24) is 4.57 Å². The van der Waals surface area contributed by atoms with E-state index in [0.29, 0.717) is 26.2 Å². The summed E-state index contributed by atoms with van der Waals surface area (Å²) in [7, 11) is 1.44. The second-order valence-electron chi connectivity index (χ2n) is 7.31. The van der Waals surface area contributed by atoms with Gasteiger partial charge >= 0.3 is 5.97 Å². The average molecular weight is 467 g/mol. The number of fused-ring (bicyclic) bond motifs is 1. The van der Waals surface area contributed by atoms with E-state index < -0.39 is 12.0 Å². The number of aromatic nitrogens is 1. The van der Waals surface area contributed by atoms with Crippen LogP contribution < -0.4 is 19.6 Å². The molecule has 2 aromatic carbocycles. The quantitative estimate of drug-likeness (QED) is 0.559. The molecule has 0 saturated carbocycles. The van der Waals surface area contributed by atoms with Gasteiger partial charge in [0, 0.05) is 5.70 Å². The number of ether oxygens (including phenoxy) is 2. The highest BCUT2D eigenvalue weighted by molar-refractivity contribution is 7.07. The molecular formula is C24H22N2O6S. The number of rotatable bonds is 5. The molecule has 1 atom stereocenters. The molecule has 0 bridgehead atoms. The Kier molecular flexibility index (Phi) is 6.06. The maximum Gasteiger partial charge on any atom is 0.338 e. The van der Waals surface area contributed by atoms with Gasteiger partial charge in [-0.1, -0.05) is 29.5 Å². The zero-order chi connectivity index (χ0) is 23.7. The normalized spacial score (nSPS) is 15.7. The molecule has 0 fully saturated rings. The molecule has 33 heavy (non-hydrogen) atoms. The number of phenols is 2. The van der Waals surface area contributed by atoms with Crippen LogP contribution in [0, 0.1) is 0 Å². The van der Waals surface area contributed by atoms with Gasteiger partial charge in [0.05, 0.1) is 23.8 Å². The van der Waals surface area contributed by atoms with Crippen LogP contribution in [0.25, 0.3) is 11.8 Å². The Morgan fingerprint density at radius 1 is 1.24 bits per heavy atom. The van der Waals surface area contributed by atoms with Gasteiger partial charge < -0.3 is 19.7 Å². The molecule has 0 radical (unpaired) electrons. The lowest BCUT2D eigenvalue weighted by Gasteiger charge is -2.22. The van der Waals surface area contributed by atoms with Crippen molar-refractivity contribution in [3.8, 4) is 17.2 Å². The topological polar surface area (TPSA) is 110 Å². The maximum absolute atomic E-state index is 13.2. The van der Waals surface area contributed by atoms with E-state index in [2.05, 4.69) is 0 Å². The number of allylic oxidation sites excluding steroid dienone is 1. The van der Waals surface area contributed by atoms with Crippen molar-refractivity contribution in [2.75, 3.05) is 13.7 Å². The second kappa shape index (κ2) is 8.95. The van der Waals surface area contributed by atoms with Crippen molar-refractivity contribution < 1.29 is 24.5 Å². The highest BCUT2D eigenvalue weighted by Gasteiger charge is 2.31. The monoisotopic (exact) mass is 466 g/mol. The van der Waals surface area contributed by atoms with Gasteiger partial charge in [-0.2, -0.15) is 0 Å². The van der Waals surface area contributed by atoms with Crippen molar-refractivity contribution in [1.29, 1.82) is 0 Å². The van der Waals surface area contributed by atoms with Gasteiger partial charge in [-0.3, -0.25) is 9.36 Å². The second-order valence-corrected chi connectivity index (χ2v) is 8.32. The van der Waals surface area contributed by atoms with Gasteiger partial charge in [0.1, 0.15) is 11.8 Å². The van der Waals surface area contributed by atoms with Crippen LogP contribution in [0.2, 0.25) is 0 Å². The van der Waals surface area contributed by atoms with Crippen molar-refractivity contribution in [3.05, 3.63) is 78.9 Å². The zero-order valence-electron chi connectivity index (χ0n) is 18.2. The van der Waals surface area contributed by atoms with Crippen LogP contribution in [0.4, 0.5) is 0 Å². The van der Waals surface area contributed by atoms with E-state index in [0.717, 1.165) is 0 Å². The number of thiazole rings is 1. The minimum Gasteiger partial charge on any atom is -0.508 e. The maximum atomic E-state index is 13.2. The number of carbonyl (C=O) groups excluding carboxylic acids is 1. The Balaban J connectivity index is 1.96. The summed E-state index contributed by atoms with van der Waals surface area (Å²) < 4.78 is 12.3. The zero-order valence-corrected chi connectivity index (χ0v) is 19.0. The molecule has 0 amide bonds. The van der Waals surface area contributed by atoms with Gasteiger partial charge in [-0.25, -0.2) is 9.79 Å². The molecule has 0 unspecified atom stereocenters. The minimum absolute atomic E-state index is 0.0357. The fourth-order valence-corrected chi connectivity index (χ4v) is 4.73. The van der Waals surface area contributed by atoms with Gasteiger partial charge in [0.2, 0.25) is 0 Å². The first-order valence-corrected chi connectivity index (χ1v) is 11.0. The molecule has 4 rings (SSSR count). The van der Waals surface area contributed by atoms with Crippen molar-refractivity contribution in [2.24, 2.45) is 4.99 Å². The predicted octanol–water partition coefficient (Wildman–Crippen LogP) is 2.33. The van der Waals surface area contributed by atoms with Crippen LogP contribution >= 0.6 is 11.3 Å². The van der Waals surface area contributed by atoms with E-state index in [1.54, 1.807) is 56.3 Å². The van der Waals surface area contributed by atoms with Gasteiger partial charge in [0.25, 0.3) is 5.56 Å². The van der Waals surface area contributed by atoms with E-state index in [1.807, 2.05) is 0 Å². The van der Waals surface area contributed by atoms with Gasteiger partial charge in [0.15, 0.2) is 16.3 Å². The van der Waals surface area contributed by atoms with Crippen molar-refractivity contribution in [3.63, 3.8) is 0 Å². The Bertz CT molecular complexity index is 1450. The Hall–Kier alpha value is -3.85. The molecule has 1 aliphatic rings. The number of benzene rings is 2. The molecule has 1 aromatic heterocycles. The lowest BCUT2D eigenvalue weighted by atomic mass is 9.96. The summed E-state index contributed by atoms with van der Waals surface area (Å²) in [5, 5.41) is 19.7. The third-order valence-electron chi connectivity index (χ3n) is 5.23. The molecule has 0 spiro atoms. The molecule has 2 N–H and O–H groups in total. The van der Waals surface area contributed by atoms with Crippen LogP contribution in [0.15, 0.2) is 57.8 Å². The molecule has 8 nitrogen and oxygen atoms in total. The molecule has 0 saturated heterocycles. The van der Waals surface area contributed by atoms with Crippen LogP contribution in [0.1, 0.15) is 31.0 Å². The average Bonchev–Trinajstić information content (AvgIpc) is 3.09. The lowest BCUT2D eigenvalue weighted by Crippen LogP contribution is -2.35. The van der Waals surface area contributed by atoms with E-state index in [1.165, 1.54) is 29.1 Å². The van der Waals surface area contributed by atoms with E-state index in [4.69, 9.17) is 14.5 Å². The molecule has 2 heterocycles. The van der Waals surface area contributed by atoms with E-state index in [9.17, 15) is 19.8 Å². The number of esters is 1. The Labute approximate surface area is 193 Å². The fourth-order valence-electron chi connectivity index (χ4n) is 3.69. The number of methoxy groups -OCH3 is 1. The molecule has 170 valence electrons. The lowest BCUT2D eigenvalue weighted by molar-refractivity contribution is -0.138. The summed E-state index contributed by atoms with van der Waals surface area (Å²) in [6.45, 7) is 3.56. The molecule has 1 aliphatic heterocycles. The molecular weight excluding hydrogens is 444 g/mol. The predicted molar refractivity (Wildman–Crippen MR) is 124 cm³/mol. The number of aromatic hydroxyl groups is 2. The fraction of sp³-hybridized carbons (Fsp3) is 0.208. The van der Waals surface area contributed by atoms with Gasteiger partial charge in [-0.15, -0.1) is 0 Å². The Morgan fingerprint density at radius 2 is 2.03 bits per heavy atom. The molecule has 3 aromatic rings. The summed E-state index contributed by atoms with van der Waals surface area (Å²) in [4.78, 5) is 31.2. The Morgan fingerprint density at radius 3 is 2.73 bits per heavy atom. The van der Waals surface area contributed by atoms with Crippen molar-refractivity contribution in [2.45, 2.75) is 19.9 Å². The van der Waals surface area contributed by atoms with E-state index in [-0.39, 0.29) is 35.0 Å². The first kappa shape index (κ1) is 22.3. The minimum atomic E-state index is -0.745. The third kappa shape index (κ3) is 4.14. The summed E-state index contributed by atoms with van der Waals surface area (Å²) in [5.41, 5.74) is 1.62. The number of phenolic OH excluding ortho intramolecular Hbond substituents is 2. The summed E-state index contributed by atoms with van der Waals surface area (Å²) in [6.07, 6.45) is 1.67. The van der Waals surface area contributed by atoms with Crippen LogP contribution in [0.3, 0.4) is 0 Å². The highest BCUT2D eigenvalue weighted by atomic mass is 32.1. The summed E-state index contributed by atoms with van der Waals surface area (Å²) in [5.74, 6) is -0.267. The number of carbonyl (C=O) groups is 1.